The summed E-state index contributed by atoms with van der Waals surface area (Å²) in [6.45, 7) is 0. The van der Waals surface area contributed by atoms with Gasteiger partial charge in [0.25, 0.3) is 5.91 Å². The van der Waals surface area contributed by atoms with Crippen molar-refractivity contribution in [3.05, 3.63) is 70.2 Å². The minimum absolute atomic E-state index is 0.162. The zero-order valence-electron chi connectivity index (χ0n) is 13.7. The van der Waals surface area contributed by atoms with Gasteiger partial charge < -0.3 is 10.1 Å². The Kier molecular flexibility index (Phi) is 5.61. The Morgan fingerprint density at radius 3 is 2.46 bits per heavy atom. The van der Waals surface area contributed by atoms with Crippen LogP contribution in [0.4, 0.5) is 5.69 Å². The van der Waals surface area contributed by atoms with E-state index < -0.39 is 0 Å². The molecule has 7 heteroatoms. The molecule has 0 saturated heterocycles. The highest BCUT2D eigenvalue weighted by molar-refractivity contribution is 7.80. The molecule has 0 saturated carbocycles. The smallest absolute Gasteiger partial charge is 0.258 e. The Balaban J connectivity index is 1.77. The van der Waals surface area contributed by atoms with Crippen molar-refractivity contribution in [3.8, 4) is 5.75 Å². The van der Waals surface area contributed by atoms with E-state index in [-0.39, 0.29) is 11.0 Å². The molecule has 0 aliphatic heterocycles. The molecule has 1 amide bonds. The van der Waals surface area contributed by atoms with E-state index in [9.17, 15) is 4.79 Å². The summed E-state index contributed by atoms with van der Waals surface area (Å²) in [6.07, 6.45) is 0. The maximum absolute atomic E-state index is 12.6. The number of carbonyl (C=O) groups is 1. The quantitative estimate of drug-likeness (QED) is 0.582. The largest absolute Gasteiger partial charge is 0.495 e. The molecule has 0 aliphatic rings. The molecule has 26 heavy (non-hydrogen) atoms. The molecule has 132 valence electrons. The van der Waals surface area contributed by atoms with Gasteiger partial charge in [0.15, 0.2) is 5.11 Å². The lowest BCUT2D eigenvalue weighted by Gasteiger charge is -2.12. The minimum Gasteiger partial charge on any atom is -0.495 e. The molecule has 0 spiro atoms. The van der Waals surface area contributed by atoms with Gasteiger partial charge in [0.2, 0.25) is 0 Å². The number of carbonyl (C=O) groups excluding carboxylic acids is 1. The normalized spacial score (nSPS) is 10.4. The highest BCUT2D eigenvalue weighted by Gasteiger charge is 2.13. The SMILES string of the molecule is COc1ccc(NC(=S)NC(=O)c2cccc3c(Cl)cccc23)cc1Cl. The van der Waals surface area contributed by atoms with E-state index in [1.54, 1.807) is 42.5 Å². The van der Waals surface area contributed by atoms with E-state index in [2.05, 4.69) is 10.6 Å². The molecule has 0 radical (unpaired) electrons. The number of hydrogen-bond acceptors (Lipinski definition) is 3. The fraction of sp³-hybridized carbons (Fsp3) is 0.0526. The highest BCUT2D eigenvalue weighted by atomic mass is 35.5. The Bertz CT molecular complexity index is 1010. The standard InChI is InChI=1S/C19H14Cl2N2O2S/c1-25-17-9-8-11(10-16(17)21)22-19(26)23-18(24)14-6-2-5-13-12(14)4-3-7-15(13)20/h2-10H,1H3,(H2,22,23,24,26). The van der Waals surface area contributed by atoms with Crippen molar-refractivity contribution in [2.45, 2.75) is 0 Å². The van der Waals surface area contributed by atoms with E-state index in [4.69, 9.17) is 40.2 Å². The number of methoxy groups -OCH3 is 1. The van der Waals surface area contributed by atoms with Crippen molar-refractivity contribution in [3.63, 3.8) is 0 Å². The van der Waals surface area contributed by atoms with Gasteiger partial charge in [-0.15, -0.1) is 0 Å². The zero-order chi connectivity index (χ0) is 18.7. The van der Waals surface area contributed by atoms with Gasteiger partial charge in [-0.3, -0.25) is 10.1 Å². The lowest BCUT2D eigenvalue weighted by atomic mass is 10.0. The molecule has 0 bridgehead atoms. The van der Waals surface area contributed by atoms with Crippen molar-refractivity contribution in [1.82, 2.24) is 5.32 Å². The summed E-state index contributed by atoms with van der Waals surface area (Å²) >= 11 is 17.5. The van der Waals surface area contributed by atoms with Crippen LogP contribution in [0.5, 0.6) is 5.75 Å². The van der Waals surface area contributed by atoms with Gasteiger partial charge in [0.1, 0.15) is 5.75 Å². The molecule has 3 aromatic carbocycles. The maximum atomic E-state index is 12.6. The monoisotopic (exact) mass is 404 g/mol. The fourth-order valence-corrected chi connectivity index (χ4v) is 3.25. The number of fused-ring (bicyclic) bond motifs is 1. The lowest BCUT2D eigenvalue weighted by molar-refractivity contribution is 0.0979. The van der Waals surface area contributed by atoms with Crippen molar-refractivity contribution in [2.75, 3.05) is 12.4 Å². The van der Waals surface area contributed by atoms with E-state index >= 15 is 0 Å². The molecule has 0 fully saturated rings. The zero-order valence-corrected chi connectivity index (χ0v) is 16.0. The summed E-state index contributed by atoms with van der Waals surface area (Å²) in [5, 5.41) is 8.35. The van der Waals surface area contributed by atoms with Crippen molar-refractivity contribution in [1.29, 1.82) is 0 Å². The fourth-order valence-electron chi connectivity index (χ4n) is 2.55. The van der Waals surface area contributed by atoms with Gasteiger partial charge in [-0.25, -0.2) is 0 Å². The number of hydrogen-bond donors (Lipinski definition) is 2. The molecule has 4 nitrogen and oxygen atoms in total. The number of thiocarbonyl (C=S) groups is 1. The number of anilines is 1. The first kappa shape index (κ1) is 18.5. The number of rotatable bonds is 3. The first-order valence-electron chi connectivity index (χ1n) is 7.62. The molecular weight excluding hydrogens is 391 g/mol. The average Bonchev–Trinajstić information content (AvgIpc) is 2.61. The maximum Gasteiger partial charge on any atom is 0.258 e. The van der Waals surface area contributed by atoms with Crippen LogP contribution in [0.2, 0.25) is 10.0 Å². The van der Waals surface area contributed by atoms with Crippen molar-refractivity contribution >= 4 is 62.9 Å². The lowest BCUT2D eigenvalue weighted by Crippen LogP contribution is -2.34. The van der Waals surface area contributed by atoms with Crippen LogP contribution in [0.1, 0.15) is 10.4 Å². The number of nitrogens with one attached hydrogen (secondary N) is 2. The van der Waals surface area contributed by atoms with Crippen LogP contribution in [0.15, 0.2) is 54.6 Å². The van der Waals surface area contributed by atoms with Crippen LogP contribution in [0, 0.1) is 0 Å². The summed E-state index contributed by atoms with van der Waals surface area (Å²) in [5.41, 5.74) is 1.13. The molecule has 3 rings (SSSR count). The molecule has 0 atom stereocenters. The Labute approximate surface area is 166 Å². The van der Waals surface area contributed by atoms with Crippen LogP contribution in [0.3, 0.4) is 0 Å². The summed E-state index contributed by atoms with van der Waals surface area (Å²) in [6, 6.07) is 15.9. The van der Waals surface area contributed by atoms with Crippen LogP contribution < -0.4 is 15.4 Å². The Hall–Kier alpha value is -2.34. The Morgan fingerprint density at radius 1 is 1.00 bits per heavy atom. The van der Waals surface area contributed by atoms with Gasteiger partial charge in [-0.05, 0) is 47.9 Å². The third-order valence-electron chi connectivity index (χ3n) is 3.75. The number of amides is 1. The minimum atomic E-state index is -0.324. The first-order chi connectivity index (χ1) is 12.5. The molecule has 3 aromatic rings. The molecule has 2 N–H and O–H groups in total. The molecule has 0 aliphatic carbocycles. The first-order valence-corrected chi connectivity index (χ1v) is 8.79. The summed E-state index contributed by atoms with van der Waals surface area (Å²) in [7, 11) is 1.54. The third-order valence-corrected chi connectivity index (χ3v) is 4.58. The van der Waals surface area contributed by atoms with E-state index in [0.717, 1.165) is 10.8 Å². The summed E-state index contributed by atoms with van der Waals surface area (Å²) in [4.78, 5) is 12.6. The van der Waals surface area contributed by atoms with Crippen molar-refractivity contribution < 1.29 is 9.53 Å². The highest BCUT2D eigenvalue weighted by Crippen LogP contribution is 2.27. The molecule has 0 aromatic heterocycles. The second kappa shape index (κ2) is 7.91. The van der Waals surface area contributed by atoms with Gasteiger partial charge in [-0.2, -0.15) is 0 Å². The molecule has 0 heterocycles. The predicted octanol–water partition coefficient (Wildman–Crippen LogP) is 5.28. The third kappa shape index (κ3) is 3.90. The number of ether oxygens (including phenoxy) is 1. The van der Waals surface area contributed by atoms with Crippen LogP contribution in [-0.4, -0.2) is 18.1 Å². The second-order valence-electron chi connectivity index (χ2n) is 5.40. The van der Waals surface area contributed by atoms with Crippen LogP contribution in [-0.2, 0) is 0 Å². The molecule has 0 unspecified atom stereocenters. The van der Waals surface area contributed by atoms with Crippen LogP contribution >= 0.6 is 35.4 Å². The predicted molar refractivity (Wildman–Crippen MR) is 111 cm³/mol. The van der Waals surface area contributed by atoms with E-state index in [1.807, 2.05) is 12.1 Å². The summed E-state index contributed by atoms with van der Waals surface area (Å²) < 4.78 is 5.10. The summed E-state index contributed by atoms with van der Waals surface area (Å²) in [5.74, 6) is 0.231. The number of benzene rings is 3. The van der Waals surface area contributed by atoms with Gasteiger partial charge >= 0.3 is 0 Å². The Morgan fingerprint density at radius 2 is 1.73 bits per heavy atom. The second-order valence-corrected chi connectivity index (χ2v) is 6.62. The van der Waals surface area contributed by atoms with Gasteiger partial charge in [0, 0.05) is 21.7 Å². The topological polar surface area (TPSA) is 50.4 Å². The van der Waals surface area contributed by atoms with Crippen LogP contribution in [0.25, 0.3) is 10.8 Å². The van der Waals surface area contributed by atoms with Gasteiger partial charge in [-0.1, -0.05) is 47.5 Å². The average molecular weight is 405 g/mol. The molecular formula is C19H14Cl2N2O2S. The van der Waals surface area contributed by atoms with Gasteiger partial charge in [0.05, 0.1) is 12.1 Å². The van der Waals surface area contributed by atoms with E-state index in [1.165, 1.54) is 7.11 Å². The van der Waals surface area contributed by atoms with Crippen molar-refractivity contribution in [2.24, 2.45) is 0 Å². The van der Waals surface area contributed by atoms with E-state index in [0.29, 0.717) is 27.0 Å². The number of halogens is 2.